The summed E-state index contributed by atoms with van der Waals surface area (Å²) in [6.45, 7) is 12.0. The third kappa shape index (κ3) is 6.89. The molecule has 2 rings (SSSR count). The van der Waals surface area contributed by atoms with E-state index in [0.29, 0.717) is 5.92 Å². The van der Waals surface area contributed by atoms with Crippen LogP contribution in [-0.4, -0.2) is 48.9 Å². The predicted molar refractivity (Wildman–Crippen MR) is 89.7 cm³/mol. The Morgan fingerprint density at radius 2 is 1.73 bits per heavy atom. The molecule has 1 fully saturated rings. The van der Waals surface area contributed by atoms with E-state index in [2.05, 4.69) is 37.9 Å². The fourth-order valence-electron chi connectivity index (χ4n) is 2.49. The van der Waals surface area contributed by atoms with E-state index in [1.54, 1.807) is 0 Å². The van der Waals surface area contributed by atoms with Crippen molar-refractivity contribution in [2.45, 2.75) is 34.1 Å². The van der Waals surface area contributed by atoms with E-state index in [0.717, 1.165) is 38.2 Å². The van der Waals surface area contributed by atoms with Crippen molar-refractivity contribution in [3.05, 3.63) is 35.4 Å². The largest absolute Gasteiger partial charge is 0.336 e. The Morgan fingerprint density at radius 1 is 1.14 bits per heavy atom. The molecule has 0 bridgehead atoms. The summed E-state index contributed by atoms with van der Waals surface area (Å²) >= 11 is 0. The number of hydrogen-bond acceptors (Lipinski definition) is 2. The molecule has 1 aromatic carbocycles. The molecule has 1 aliphatic rings. The maximum Gasteiger partial charge on any atom is 0.253 e. The molecule has 0 aliphatic carbocycles. The van der Waals surface area contributed by atoms with E-state index in [4.69, 9.17) is 0 Å². The van der Waals surface area contributed by atoms with Gasteiger partial charge in [0.2, 0.25) is 0 Å². The maximum atomic E-state index is 12.5. The van der Waals surface area contributed by atoms with Gasteiger partial charge in [0.15, 0.2) is 0 Å². The second-order valence-electron chi connectivity index (χ2n) is 5.89. The van der Waals surface area contributed by atoms with Gasteiger partial charge in [-0.05, 0) is 37.1 Å². The van der Waals surface area contributed by atoms with Crippen LogP contribution in [0.25, 0.3) is 0 Å². The van der Waals surface area contributed by atoms with Crippen LogP contribution in [0.5, 0.6) is 0 Å². The fraction of sp³-hybridized carbons (Fsp3) is 0.611. The molecular weight excluding hydrogens is 349 g/mol. The van der Waals surface area contributed by atoms with Crippen molar-refractivity contribution in [3.8, 4) is 0 Å². The number of carbonyl (C=O) groups is 1. The van der Waals surface area contributed by atoms with E-state index >= 15 is 0 Å². The van der Waals surface area contributed by atoms with Gasteiger partial charge < -0.3 is 9.80 Å². The van der Waals surface area contributed by atoms with Crippen LogP contribution >= 0.6 is 0 Å². The average Bonchev–Trinajstić information content (AvgIpc) is 2.49. The molecule has 1 saturated heterocycles. The van der Waals surface area contributed by atoms with E-state index in [-0.39, 0.29) is 38.6 Å². The summed E-state index contributed by atoms with van der Waals surface area (Å²) in [5, 5.41) is 0. The Morgan fingerprint density at radius 3 is 2.27 bits per heavy atom. The first-order chi connectivity index (χ1) is 10.1. The number of nitrogens with zero attached hydrogens (tertiary/aromatic N) is 2. The number of hydrogen-bond donors (Lipinski definition) is 0. The van der Waals surface area contributed by atoms with Crippen LogP contribution in [0.3, 0.4) is 0 Å². The predicted octanol–water partition coefficient (Wildman–Crippen LogP) is 3.30. The minimum absolute atomic E-state index is 0. The Balaban J connectivity index is 0.00000141. The van der Waals surface area contributed by atoms with Gasteiger partial charge in [0.25, 0.3) is 5.91 Å². The third-order valence-electron chi connectivity index (χ3n) is 3.61. The molecular formula is C18H30N2OY. The minimum atomic E-state index is 0. The van der Waals surface area contributed by atoms with Gasteiger partial charge in [-0.2, -0.15) is 0 Å². The molecule has 1 heterocycles. The van der Waals surface area contributed by atoms with Gasteiger partial charge in [-0.25, -0.2) is 0 Å². The van der Waals surface area contributed by atoms with Gasteiger partial charge in [0.05, 0.1) is 0 Å². The van der Waals surface area contributed by atoms with Gasteiger partial charge in [0.1, 0.15) is 0 Å². The molecule has 1 aliphatic heterocycles. The summed E-state index contributed by atoms with van der Waals surface area (Å²) in [5.41, 5.74) is 2.10. The van der Waals surface area contributed by atoms with Gasteiger partial charge in [-0.3, -0.25) is 4.79 Å². The maximum absolute atomic E-state index is 12.5. The summed E-state index contributed by atoms with van der Waals surface area (Å²) in [6, 6.07) is 8.10. The van der Waals surface area contributed by atoms with Crippen molar-refractivity contribution in [3.63, 3.8) is 0 Å². The number of carbonyl (C=O) groups excluding carboxylic acids is 1. The van der Waals surface area contributed by atoms with E-state index in [9.17, 15) is 4.79 Å². The van der Waals surface area contributed by atoms with Crippen molar-refractivity contribution in [2.75, 3.05) is 33.2 Å². The second-order valence-corrected chi connectivity index (χ2v) is 5.89. The van der Waals surface area contributed by atoms with Gasteiger partial charge >= 0.3 is 0 Å². The number of likely N-dealkylation sites (N-methyl/N-ethyl adjacent to an activating group) is 1. The molecule has 22 heavy (non-hydrogen) atoms. The molecule has 0 saturated carbocycles. The van der Waals surface area contributed by atoms with Gasteiger partial charge in [0, 0.05) is 64.5 Å². The second kappa shape index (κ2) is 11.3. The normalized spacial score (nSPS) is 14.9. The molecule has 0 spiro atoms. The van der Waals surface area contributed by atoms with Crippen molar-refractivity contribution >= 4 is 5.91 Å². The molecule has 1 radical (unpaired) electrons. The SMILES string of the molecule is CC.CC(C)Cc1cccc(C(=O)N2CCN(C)CC2)c1.[Y]. The molecule has 0 atom stereocenters. The van der Waals surface area contributed by atoms with Crippen molar-refractivity contribution in [2.24, 2.45) is 5.92 Å². The fourth-order valence-corrected chi connectivity index (χ4v) is 2.49. The molecule has 3 nitrogen and oxygen atoms in total. The smallest absolute Gasteiger partial charge is 0.253 e. The molecule has 1 aromatic rings. The van der Waals surface area contributed by atoms with Crippen LogP contribution in [0.1, 0.15) is 43.6 Å². The number of rotatable bonds is 3. The zero-order valence-electron chi connectivity index (χ0n) is 14.8. The summed E-state index contributed by atoms with van der Waals surface area (Å²) < 4.78 is 0. The Bertz CT molecular complexity index is 440. The molecule has 0 N–H and O–H groups in total. The molecule has 121 valence electrons. The Labute approximate surface area is 161 Å². The first-order valence-corrected chi connectivity index (χ1v) is 8.13. The van der Waals surface area contributed by atoms with Crippen molar-refractivity contribution in [1.82, 2.24) is 9.80 Å². The van der Waals surface area contributed by atoms with Crippen LogP contribution in [0, 0.1) is 5.92 Å². The third-order valence-corrected chi connectivity index (χ3v) is 3.61. The van der Waals surface area contributed by atoms with E-state index in [1.807, 2.05) is 30.9 Å². The first-order valence-electron chi connectivity index (χ1n) is 8.13. The van der Waals surface area contributed by atoms with Crippen LogP contribution in [0.2, 0.25) is 0 Å². The first kappa shape index (κ1) is 21.8. The Hall–Kier alpha value is -0.246. The van der Waals surface area contributed by atoms with Crippen molar-refractivity contribution < 1.29 is 37.5 Å². The number of amides is 1. The summed E-state index contributed by atoms with van der Waals surface area (Å²) in [6.07, 6.45) is 1.03. The van der Waals surface area contributed by atoms with E-state index < -0.39 is 0 Å². The van der Waals surface area contributed by atoms with Crippen LogP contribution < -0.4 is 0 Å². The molecule has 0 unspecified atom stereocenters. The molecule has 0 aromatic heterocycles. The standard InChI is InChI=1S/C16H24N2O.C2H6.Y/c1-13(2)11-14-5-4-6-15(12-14)16(19)18-9-7-17(3)8-10-18;1-2;/h4-6,12-13H,7-11H2,1-3H3;1-2H3;. The number of piperazine rings is 1. The number of benzene rings is 1. The van der Waals surface area contributed by atoms with Crippen LogP contribution in [0.4, 0.5) is 0 Å². The quantitative estimate of drug-likeness (QED) is 0.805. The van der Waals surface area contributed by atoms with Gasteiger partial charge in [-0.15, -0.1) is 0 Å². The zero-order chi connectivity index (χ0) is 15.8. The summed E-state index contributed by atoms with van der Waals surface area (Å²) in [4.78, 5) is 16.7. The molecule has 4 heteroatoms. The van der Waals surface area contributed by atoms with Gasteiger partial charge in [-0.1, -0.05) is 39.8 Å². The molecule has 1 amide bonds. The summed E-state index contributed by atoms with van der Waals surface area (Å²) in [7, 11) is 2.10. The monoisotopic (exact) mass is 379 g/mol. The Kier molecular flexibility index (Phi) is 11.2. The van der Waals surface area contributed by atoms with Crippen molar-refractivity contribution in [1.29, 1.82) is 0 Å². The van der Waals surface area contributed by atoms with Crippen LogP contribution in [-0.2, 0) is 39.1 Å². The topological polar surface area (TPSA) is 23.6 Å². The summed E-state index contributed by atoms with van der Waals surface area (Å²) in [5.74, 6) is 0.799. The van der Waals surface area contributed by atoms with E-state index in [1.165, 1.54) is 5.56 Å². The minimum Gasteiger partial charge on any atom is -0.336 e. The average molecular weight is 379 g/mol. The van der Waals surface area contributed by atoms with Crippen LogP contribution in [0.15, 0.2) is 24.3 Å². The zero-order valence-corrected chi connectivity index (χ0v) is 17.6.